The van der Waals surface area contributed by atoms with Gasteiger partial charge in [0, 0.05) is 17.9 Å². The number of hydrogen-bond acceptors (Lipinski definition) is 4. The first-order valence-electron chi connectivity index (χ1n) is 6.62. The number of rotatable bonds is 3. The maximum atomic E-state index is 11.6. The van der Waals surface area contributed by atoms with Gasteiger partial charge in [-0.1, -0.05) is 60.3 Å². The summed E-state index contributed by atoms with van der Waals surface area (Å²) in [5.41, 5.74) is 2.98. The Labute approximate surface area is 128 Å². The highest BCUT2D eigenvalue weighted by molar-refractivity contribution is 8.18. The first-order chi connectivity index (χ1) is 10.3. The van der Waals surface area contributed by atoms with Crippen LogP contribution in [0, 0.1) is 0 Å². The van der Waals surface area contributed by atoms with E-state index in [-0.39, 0.29) is 5.78 Å². The number of benzene rings is 2. The molecule has 1 aliphatic rings. The van der Waals surface area contributed by atoms with Crippen molar-refractivity contribution in [3.8, 4) is 0 Å². The van der Waals surface area contributed by atoms with Crippen LogP contribution in [0.2, 0.25) is 0 Å². The Hall–Kier alpha value is -2.33. The Morgan fingerprint density at radius 1 is 1.00 bits per heavy atom. The van der Waals surface area contributed by atoms with Crippen molar-refractivity contribution in [2.24, 2.45) is 5.10 Å². The van der Waals surface area contributed by atoms with E-state index in [0.29, 0.717) is 5.04 Å². The predicted molar refractivity (Wildman–Crippen MR) is 89.0 cm³/mol. The highest BCUT2D eigenvalue weighted by Gasteiger charge is 2.21. The minimum Gasteiger partial charge on any atom is -0.292 e. The van der Waals surface area contributed by atoms with E-state index in [9.17, 15) is 4.79 Å². The summed E-state index contributed by atoms with van der Waals surface area (Å²) < 4.78 is 0. The van der Waals surface area contributed by atoms with Crippen LogP contribution in [0.25, 0.3) is 5.70 Å². The Morgan fingerprint density at radius 3 is 2.24 bits per heavy atom. The fraction of sp³-hybridized carbons (Fsp3) is 0.0588. The van der Waals surface area contributed by atoms with Gasteiger partial charge in [0.25, 0.3) is 0 Å². The van der Waals surface area contributed by atoms with Crippen molar-refractivity contribution in [2.45, 2.75) is 6.92 Å². The summed E-state index contributed by atoms with van der Waals surface area (Å²) in [6, 6.07) is 19.9. The van der Waals surface area contributed by atoms with Crippen LogP contribution >= 0.6 is 11.8 Å². The molecule has 0 unspecified atom stereocenters. The van der Waals surface area contributed by atoms with E-state index in [0.717, 1.165) is 16.9 Å². The van der Waals surface area contributed by atoms with Crippen LogP contribution in [0.3, 0.4) is 0 Å². The Morgan fingerprint density at radius 2 is 1.62 bits per heavy atom. The number of carbonyl (C=O) groups is 1. The van der Waals surface area contributed by atoms with Crippen molar-refractivity contribution in [3.05, 3.63) is 71.6 Å². The van der Waals surface area contributed by atoms with Crippen molar-refractivity contribution in [2.75, 3.05) is 5.01 Å². The molecule has 2 aromatic carbocycles. The quantitative estimate of drug-likeness (QED) is 0.853. The van der Waals surface area contributed by atoms with Gasteiger partial charge >= 0.3 is 0 Å². The van der Waals surface area contributed by atoms with E-state index in [1.165, 1.54) is 18.7 Å². The number of Topliss-reactive ketones (excluding diaryl/α,β-unsaturated/α-hetero) is 1. The summed E-state index contributed by atoms with van der Waals surface area (Å²) >= 11 is 1.37. The van der Waals surface area contributed by atoms with Gasteiger partial charge in [0.2, 0.25) is 0 Å². The molecule has 0 aromatic heterocycles. The topological polar surface area (TPSA) is 32.7 Å². The molecule has 0 N–H and O–H groups in total. The van der Waals surface area contributed by atoms with E-state index < -0.39 is 0 Å². The second-order valence-electron chi connectivity index (χ2n) is 4.60. The fourth-order valence-corrected chi connectivity index (χ4v) is 2.80. The normalized spacial score (nSPS) is 14.4. The number of para-hydroxylation sites is 1. The van der Waals surface area contributed by atoms with E-state index in [2.05, 4.69) is 5.10 Å². The van der Waals surface area contributed by atoms with E-state index >= 15 is 0 Å². The highest BCUT2D eigenvalue weighted by Crippen LogP contribution is 2.33. The lowest BCUT2D eigenvalue weighted by Gasteiger charge is -2.26. The third-order valence-corrected chi connectivity index (χ3v) is 4.01. The minimum absolute atomic E-state index is 0.0238. The molecule has 104 valence electrons. The number of hydrazone groups is 1. The molecule has 0 bridgehead atoms. The van der Waals surface area contributed by atoms with Gasteiger partial charge in [-0.25, -0.2) is 5.01 Å². The molecule has 1 aliphatic heterocycles. The third-order valence-electron chi connectivity index (χ3n) is 3.07. The largest absolute Gasteiger partial charge is 0.292 e. The molecular formula is C17H14N2OS. The molecule has 4 heteroatoms. The number of ketones is 1. The maximum Gasteiger partial charge on any atom is 0.186 e. The van der Waals surface area contributed by atoms with Crippen LogP contribution in [0.1, 0.15) is 12.5 Å². The summed E-state index contributed by atoms with van der Waals surface area (Å²) in [5, 5.41) is 8.80. The average molecular weight is 294 g/mol. The molecule has 0 aliphatic carbocycles. The average Bonchev–Trinajstić information content (AvgIpc) is 2.56. The smallest absolute Gasteiger partial charge is 0.186 e. The van der Waals surface area contributed by atoms with Gasteiger partial charge in [-0.3, -0.25) is 4.79 Å². The second-order valence-corrected chi connectivity index (χ2v) is 5.45. The fourth-order valence-electron chi connectivity index (χ4n) is 2.05. The molecule has 21 heavy (non-hydrogen) atoms. The van der Waals surface area contributed by atoms with Gasteiger partial charge in [-0.05, 0) is 12.1 Å². The van der Waals surface area contributed by atoms with Gasteiger partial charge in [-0.2, -0.15) is 5.10 Å². The first-order valence-corrected chi connectivity index (χ1v) is 7.50. The van der Waals surface area contributed by atoms with Crippen LogP contribution in [0.5, 0.6) is 0 Å². The lowest BCUT2D eigenvalue weighted by Crippen LogP contribution is -2.22. The maximum absolute atomic E-state index is 11.6. The van der Waals surface area contributed by atoms with E-state index in [1.54, 1.807) is 0 Å². The summed E-state index contributed by atoms with van der Waals surface area (Å²) in [7, 11) is 0. The monoisotopic (exact) mass is 294 g/mol. The SMILES string of the molecule is CC(=O)C1=NN(c2ccccc2)C(c2ccccc2)=CS1. The standard InChI is InChI=1S/C17H14N2OS/c1-13(20)17-18-19(15-10-6-3-7-11-15)16(12-21-17)14-8-4-2-5-9-14/h2-12H,1H3. The number of thioether (sulfide) groups is 1. The van der Waals surface area contributed by atoms with Crippen molar-refractivity contribution < 1.29 is 4.79 Å². The number of carbonyl (C=O) groups excluding carboxylic acids is 1. The molecule has 0 spiro atoms. The molecule has 2 aromatic rings. The van der Waals surface area contributed by atoms with Gasteiger partial charge in [0.1, 0.15) is 0 Å². The Kier molecular flexibility index (Phi) is 3.88. The lowest BCUT2D eigenvalue weighted by atomic mass is 10.1. The molecule has 3 rings (SSSR count). The van der Waals surface area contributed by atoms with Crippen LogP contribution < -0.4 is 5.01 Å². The highest BCUT2D eigenvalue weighted by atomic mass is 32.2. The lowest BCUT2D eigenvalue weighted by molar-refractivity contribution is -0.110. The molecule has 0 fully saturated rings. The number of nitrogens with zero attached hydrogens (tertiary/aromatic N) is 2. The van der Waals surface area contributed by atoms with Crippen LogP contribution in [-0.4, -0.2) is 10.8 Å². The van der Waals surface area contributed by atoms with Gasteiger partial charge in [0.05, 0.1) is 11.4 Å². The molecule has 0 radical (unpaired) electrons. The molecule has 0 amide bonds. The van der Waals surface area contributed by atoms with Gasteiger partial charge in [-0.15, -0.1) is 0 Å². The molecule has 0 atom stereocenters. The second kappa shape index (κ2) is 5.97. The van der Waals surface area contributed by atoms with Crippen LogP contribution in [0.4, 0.5) is 5.69 Å². The van der Waals surface area contributed by atoms with Crippen molar-refractivity contribution in [1.29, 1.82) is 0 Å². The zero-order chi connectivity index (χ0) is 14.7. The summed E-state index contributed by atoms with van der Waals surface area (Å²) in [6.45, 7) is 1.54. The molecule has 0 saturated carbocycles. The van der Waals surface area contributed by atoms with Crippen LogP contribution in [-0.2, 0) is 4.79 Å². The third kappa shape index (κ3) is 2.90. The first kappa shape index (κ1) is 13.6. The summed E-state index contributed by atoms with van der Waals surface area (Å²) in [5.74, 6) is -0.0238. The van der Waals surface area contributed by atoms with Gasteiger partial charge < -0.3 is 0 Å². The Balaban J connectivity index is 2.06. The molecule has 0 saturated heterocycles. The van der Waals surface area contributed by atoms with Crippen LogP contribution in [0.15, 0.2) is 71.2 Å². The predicted octanol–water partition coefficient (Wildman–Crippen LogP) is 4.14. The molecular weight excluding hydrogens is 280 g/mol. The number of anilines is 1. The van der Waals surface area contributed by atoms with E-state index in [4.69, 9.17) is 0 Å². The number of hydrogen-bond donors (Lipinski definition) is 0. The minimum atomic E-state index is -0.0238. The zero-order valence-corrected chi connectivity index (χ0v) is 12.4. The molecule has 3 nitrogen and oxygen atoms in total. The summed E-state index contributed by atoms with van der Waals surface area (Å²) in [6.07, 6.45) is 0. The summed E-state index contributed by atoms with van der Waals surface area (Å²) in [4.78, 5) is 11.6. The Bertz CT molecular complexity index is 708. The van der Waals surface area contributed by atoms with Gasteiger partial charge in [0.15, 0.2) is 10.8 Å². The van der Waals surface area contributed by atoms with E-state index in [1.807, 2.05) is 71.1 Å². The van der Waals surface area contributed by atoms with Crippen molar-refractivity contribution in [1.82, 2.24) is 0 Å². The zero-order valence-electron chi connectivity index (χ0n) is 11.6. The van der Waals surface area contributed by atoms with Crippen molar-refractivity contribution in [3.63, 3.8) is 0 Å². The van der Waals surface area contributed by atoms with Crippen molar-refractivity contribution >= 4 is 34.0 Å². The molecule has 1 heterocycles.